The zero-order valence-electron chi connectivity index (χ0n) is 26.1. The fraction of sp³-hybridized carbons (Fsp3) is 0.136. The Hall–Kier alpha value is -5.12. The lowest BCUT2D eigenvalue weighted by Crippen LogP contribution is -2.10. The molecule has 47 heavy (non-hydrogen) atoms. The third-order valence-electron chi connectivity index (χ3n) is 10.4. The Kier molecular flexibility index (Phi) is 6.17. The van der Waals surface area contributed by atoms with Crippen LogP contribution in [0.3, 0.4) is 0 Å². The van der Waals surface area contributed by atoms with Crippen LogP contribution in [0.1, 0.15) is 43.6 Å². The van der Waals surface area contributed by atoms with Gasteiger partial charge in [-0.2, -0.15) is 0 Å². The summed E-state index contributed by atoms with van der Waals surface area (Å²) in [5.41, 5.74) is 6.70. The molecule has 0 bridgehead atoms. The number of nitrogens with zero attached hydrogens (tertiary/aromatic N) is 1. The Morgan fingerprint density at radius 1 is 0.511 bits per heavy atom. The van der Waals surface area contributed by atoms with Crippen LogP contribution in [0.5, 0.6) is 0 Å². The van der Waals surface area contributed by atoms with E-state index in [1.165, 1.54) is 79.4 Å². The second kappa shape index (κ2) is 10.7. The molecule has 0 radical (unpaired) electrons. The van der Waals surface area contributed by atoms with Crippen LogP contribution in [0.4, 0.5) is 17.1 Å². The molecular formula is C44H33NOS. The van der Waals surface area contributed by atoms with Gasteiger partial charge in [-0.3, -0.25) is 0 Å². The molecule has 0 unspecified atom stereocenters. The molecule has 0 N–H and O–H groups in total. The summed E-state index contributed by atoms with van der Waals surface area (Å²) in [4.78, 5) is 2.42. The molecule has 9 aromatic rings. The van der Waals surface area contributed by atoms with Gasteiger partial charge in [-0.1, -0.05) is 98.1 Å². The molecule has 226 valence electrons. The maximum atomic E-state index is 6.38. The highest BCUT2D eigenvalue weighted by molar-refractivity contribution is 7.25. The summed E-state index contributed by atoms with van der Waals surface area (Å²) in [5, 5.41) is 10.1. The molecular weight excluding hydrogens is 591 g/mol. The maximum Gasteiger partial charge on any atom is 0.137 e. The number of hydrogen-bond acceptors (Lipinski definition) is 3. The average molecular weight is 624 g/mol. The number of hydrogen-bond donors (Lipinski definition) is 0. The zero-order valence-corrected chi connectivity index (χ0v) is 26.9. The van der Waals surface area contributed by atoms with Gasteiger partial charge in [0, 0.05) is 36.9 Å². The molecule has 0 aliphatic heterocycles. The highest BCUT2D eigenvalue weighted by Gasteiger charge is 2.21. The van der Waals surface area contributed by atoms with Gasteiger partial charge in [-0.05, 0) is 100 Å². The van der Waals surface area contributed by atoms with Crippen molar-refractivity contribution in [2.45, 2.75) is 38.0 Å². The van der Waals surface area contributed by atoms with E-state index < -0.39 is 0 Å². The Labute approximate surface area is 277 Å². The first-order valence-corrected chi connectivity index (χ1v) is 17.7. The van der Waals surface area contributed by atoms with Crippen molar-refractivity contribution in [3.05, 3.63) is 139 Å². The van der Waals surface area contributed by atoms with Crippen LogP contribution in [0, 0.1) is 0 Å². The van der Waals surface area contributed by atoms with E-state index in [-0.39, 0.29) is 0 Å². The summed E-state index contributed by atoms with van der Waals surface area (Å²) in [7, 11) is 0. The number of fused-ring (bicyclic) bond motifs is 9. The molecule has 0 atom stereocenters. The monoisotopic (exact) mass is 623 g/mol. The van der Waals surface area contributed by atoms with Crippen molar-refractivity contribution >= 4 is 92.1 Å². The van der Waals surface area contributed by atoms with Crippen LogP contribution in [0.25, 0.3) is 63.7 Å². The first-order chi connectivity index (χ1) is 23.3. The van der Waals surface area contributed by atoms with E-state index in [0.717, 1.165) is 39.0 Å². The summed E-state index contributed by atoms with van der Waals surface area (Å²) in [6, 6.07) is 49.3. The molecule has 7 aromatic carbocycles. The van der Waals surface area contributed by atoms with Gasteiger partial charge in [-0.15, -0.1) is 11.3 Å². The Balaban J connectivity index is 1.18. The van der Waals surface area contributed by atoms with E-state index in [0.29, 0.717) is 5.92 Å². The Morgan fingerprint density at radius 2 is 1.21 bits per heavy atom. The molecule has 0 spiro atoms. The van der Waals surface area contributed by atoms with Crippen LogP contribution in [0.15, 0.2) is 138 Å². The lowest BCUT2D eigenvalue weighted by atomic mass is 9.83. The third-order valence-corrected chi connectivity index (χ3v) is 11.6. The van der Waals surface area contributed by atoms with Gasteiger partial charge in [0.1, 0.15) is 11.2 Å². The van der Waals surface area contributed by atoms with Gasteiger partial charge in [-0.25, -0.2) is 0 Å². The number of benzene rings is 7. The van der Waals surface area contributed by atoms with Crippen LogP contribution >= 0.6 is 11.3 Å². The van der Waals surface area contributed by atoms with Crippen LogP contribution < -0.4 is 4.90 Å². The normalized spacial score (nSPS) is 14.3. The molecule has 2 nitrogen and oxygen atoms in total. The van der Waals surface area contributed by atoms with Crippen molar-refractivity contribution in [2.24, 2.45) is 0 Å². The standard InChI is InChI=1S/C44H33NOS/c1-2-9-28(10-3-1)29-19-22-34-30(25-29)17-18-31-26-32(20-23-35(31)34)45(33-21-24-43-38(27-33)36-11-5-7-16-42(36)47-43)39-13-8-15-41-44(39)37-12-4-6-14-40(37)46-41/h4-8,11-28H,1-3,9-10H2. The van der Waals surface area contributed by atoms with Gasteiger partial charge < -0.3 is 9.32 Å². The van der Waals surface area contributed by atoms with E-state index in [9.17, 15) is 0 Å². The largest absolute Gasteiger partial charge is 0.456 e. The number of rotatable bonds is 4. The number of anilines is 3. The molecule has 1 fully saturated rings. The highest BCUT2D eigenvalue weighted by atomic mass is 32.1. The minimum Gasteiger partial charge on any atom is -0.456 e. The molecule has 1 aliphatic rings. The van der Waals surface area contributed by atoms with Crippen molar-refractivity contribution in [1.29, 1.82) is 0 Å². The molecule has 3 heteroatoms. The molecule has 2 heterocycles. The zero-order chi connectivity index (χ0) is 30.9. The molecule has 0 amide bonds. The number of furan rings is 1. The topological polar surface area (TPSA) is 16.4 Å². The van der Waals surface area contributed by atoms with Gasteiger partial charge in [0.15, 0.2) is 0 Å². The third kappa shape index (κ3) is 4.37. The maximum absolute atomic E-state index is 6.38. The summed E-state index contributed by atoms with van der Waals surface area (Å²) in [5.74, 6) is 0.708. The van der Waals surface area contributed by atoms with Gasteiger partial charge in [0.25, 0.3) is 0 Å². The van der Waals surface area contributed by atoms with E-state index in [2.05, 4.69) is 132 Å². The van der Waals surface area contributed by atoms with Crippen LogP contribution in [-0.2, 0) is 0 Å². The second-order valence-corrected chi connectivity index (χ2v) is 14.2. The minimum absolute atomic E-state index is 0.708. The summed E-state index contributed by atoms with van der Waals surface area (Å²) < 4.78 is 9.00. The van der Waals surface area contributed by atoms with Crippen molar-refractivity contribution in [1.82, 2.24) is 0 Å². The summed E-state index contributed by atoms with van der Waals surface area (Å²) in [6.07, 6.45) is 6.75. The van der Waals surface area contributed by atoms with E-state index in [1.54, 1.807) is 0 Å². The number of para-hydroxylation sites is 1. The summed E-state index contributed by atoms with van der Waals surface area (Å²) in [6.45, 7) is 0. The highest BCUT2D eigenvalue weighted by Crippen LogP contribution is 2.46. The predicted molar refractivity (Wildman–Crippen MR) is 202 cm³/mol. The molecule has 1 saturated carbocycles. The number of thiophene rings is 1. The fourth-order valence-electron chi connectivity index (χ4n) is 8.13. The van der Waals surface area contributed by atoms with Gasteiger partial charge in [0.2, 0.25) is 0 Å². The Morgan fingerprint density at radius 3 is 2.11 bits per heavy atom. The minimum atomic E-state index is 0.708. The molecule has 0 saturated heterocycles. The van der Waals surface area contributed by atoms with Crippen molar-refractivity contribution < 1.29 is 4.42 Å². The Bertz CT molecular complexity index is 2640. The quantitative estimate of drug-likeness (QED) is 0.181. The van der Waals surface area contributed by atoms with Gasteiger partial charge in [0.05, 0.1) is 11.1 Å². The van der Waals surface area contributed by atoms with E-state index in [1.807, 2.05) is 17.4 Å². The summed E-state index contributed by atoms with van der Waals surface area (Å²) >= 11 is 1.86. The van der Waals surface area contributed by atoms with Crippen molar-refractivity contribution in [3.63, 3.8) is 0 Å². The van der Waals surface area contributed by atoms with Gasteiger partial charge >= 0.3 is 0 Å². The molecule has 10 rings (SSSR count). The average Bonchev–Trinajstić information content (AvgIpc) is 3.70. The second-order valence-electron chi connectivity index (χ2n) is 13.1. The lowest BCUT2D eigenvalue weighted by Gasteiger charge is -2.27. The van der Waals surface area contributed by atoms with Crippen LogP contribution in [-0.4, -0.2) is 0 Å². The van der Waals surface area contributed by atoms with E-state index >= 15 is 0 Å². The SMILES string of the molecule is c1ccc2c(c1)oc1cccc(N(c3ccc4c(ccc5cc(C6CCCCC6)ccc54)c3)c3ccc4sc5ccccc5c4c3)c12. The smallest absolute Gasteiger partial charge is 0.137 e. The van der Waals surface area contributed by atoms with E-state index in [4.69, 9.17) is 4.42 Å². The lowest BCUT2D eigenvalue weighted by molar-refractivity contribution is 0.444. The van der Waals surface area contributed by atoms with Crippen LogP contribution in [0.2, 0.25) is 0 Å². The molecule has 1 aliphatic carbocycles. The fourth-order valence-corrected chi connectivity index (χ4v) is 9.22. The van der Waals surface area contributed by atoms with Crippen molar-refractivity contribution in [3.8, 4) is 0 Å². The van der Waals surface area contributed by atoms with Crippen molar-refractivity contribution in [2.75, 3.05) is 4.90 Å². The molecule has 2 aromatic heterocycles. The predicted octanol–water partition coefficient (Wildman–Crippen LogP) is 13.8. The first kappa shape index (κ1) is 27.0. The first-order valence-electron chi connectivity index (χ1n) is 16.9.